The van der Waals surface area contributed by atoms with Crippen molar-refractivity contribution in [2.24, 2.45) is 0 Å². The minimum Gasteiger partial charge on any atom is -0.383 e. The van der Waals surface area contributed by atoms with E-state index in [9.17, 15) is 13.6 Å². The van der Waals surface area contributed by atoms with Crippen LogP contribution in [0.2, 0.25) is 0 Å². The Labute approximate surface area is 138 Å². The molecule has 0 bridgehead atoms. The van der Waals surface area contributed by atoms with E-state index in [2.05, 4.69) is 15.6 Å². The zero-order valence-electron chi connectivity index (χ0n) is 13.5. The van der Waals surface area contributed by atoms with Crippen LogP contribution in [0.4, 0.5) is 19.3 Å². The van der Waals surface area contributed by atoms with Gasteiger partial charge in [0.05, 0.1) is 12.6 Å². The van der Waals surface area contributed by atoms with E-state index < -0.39 is 6.55 Å². The second-order valence-electron chi connectivity index (χ2n) is 5.17. The fraction of sp³-hybridized carbons (Fsp3) is 0.375. The van der Waals surface area contributed by atoms with Gasteiger partial charge in [-0.2, -0.15) is 8.78 Å². The molecule has 0 saturated heterocycles. The Kier molecular flexibility index (Phi) is 6.25. The predicted molar refractivity (Wildman–Crippen MR) is 87.0 cm³/mol. The van der Waals surface area contributed by atoms with Crippen molar-refractivity contribution in [2.75, 3.05) is 19.0 Å². The first-order valence-electron chi connectivity index (χ1n) is 7.53. The molecule has 6 nitrogen and oxygen atoms in total. The average molecular weight is 338 g/mol. The lowest BCUT2D eigenvalue weighted by Crippen LogP contribution is -2.40. The average Bonchev–Trinajstić information content (AvgIpc) is 3.05. The lowest BCUT2D eigenvalue weighted by Gasteiger charge is -2.16. The lowest BCUT2D eigenvalue weighted by molar-refractivity contribution is 0.0720. The number of nitrogens with zero attached hydrogens (tertiary/aromatic N) is 2. The summed E-state index contributed by atoms with van der Waals surface area (Å²) in [5, 5.41) is 5.49. The number of imidazole rings is 1. The van der Waals surface area contributed by atoms with E-state index >= 15 is 0 Å². The van der Waals surface area contributed by atoms with Crippen LogP contribution in [0, 0.1) is 0 Å². The summed E-state index contributed by atoms with van der Waals surface area (Å²) in [7, 11) is 1.57. The molecule has 130 valence electrons. The molecule has 0 fully saturated rings. The molecule has 0 radical (unpaired) electrons. The van der Waals surface area contributed by atoms with Gasteiger partial charge in [0.25, 0.3) is 0 Å². The number of aromatic nitrogens is 2. The number of amides is 2. The molecule has 2 amide bonds. The van der Waals surface area contributed by atoms with Gasteiger partial charge >= 0.3 is 12.6 Å². The molecule has 0 unspecified atom stereocenters. The number of carbonyl (C=O) groups excluding carboxylic acids is 1. The fourth-order valence-corrected chi connectivity index (χ4v) is 2.21. The van der Waals surface area contributed by atoms with E-state index in [0.29, 0.717) is 17.9 Å². The topological polar surface area (TPSA) is 68.2 Å². The second kappa shape index (κ2) is 8.39. The van der Waals surface area contributed by atoms with E-state index in [-0.39, 0.29) is 17.9 Å². The van der Waals surface area contributed by atoms with Crippen LogP contribution in [0.25, 0.3) is 11.4 Å². The van der Waals surface area contributed by atoms with Crippen molar-refractivity contribution >= 4 is 11.7 Å². The number of alkyl halides is 2. The molecule has 1 aromatic heterocycles. The minimum atomic E-state index is -2.65. The highest BCUT2D eigenvalue weighted by Gasteiger charge is 2.13. The maximum absolute atomic E-state index is 12.9. The third-order valence-electron chi connectivity index (χ3n) is 3.48. The molecular formula is C16H20F2N4O2. The third-order valence-corrected chi connectivity index (χ3v) is 3.48. The number of benzene rings is 1. The Balaban J connectivity index is 2.02. The van der Waals surface area contributed by atoms with Gasteiger partial charge in [-0.05, 0) is 30.7 Å². The molecule has 0 aliphatic rings. The van der Waals surface area contributed by atoms with E-state index in [1.54, 1.807) is 31.4 Å². The monoisotopic (exact) mass is 338 g/mol. The number of carbonyl (C=O) groups is 1. The van der Waals surface area contributed by atoms with Crippen LogP contribution in [-0.2, 0) is 4.74 Å². The van der Waals surface area contributed by atoms with Gasteiger partial charge in [0.15, 0.2) is 0 Å². The number of rotatable bonds is 7. The molecule has 1 atom stereocenters. The minimum absolute atomic E-state index is 0.0761. The van der Waals surface area contributed by atoms with Gasteiger partial charge < -0.3 is 15.4 Å². The number of hydrogen-bond acceptors (Lipinski definition) is 3. The smallest absolute Gasteiger partial charge is 0.320 e. The molecule has 1 heterocycles. The van der Waals surface area contributed by atoms with Gasteiger partial charge in [0, 0.05) is 30.8 Å². The maximum atomic E-state index is 12.9. The van der Waals surface area contributed by atoms with Gasteiger partial charge in [0.2, 0.25) is 0 Å². The summed E-state index contributed by atoms with van der Waals surface area (Å²) in [5.74, 6) is 0.173. The Morgan fingerprint density at radius 3 is 2.62 bits per heavy atom. The Morgan fingerprint density at radius 1 is 1.33 bits per heavy atom. The first kappa shape index (κ1) is 17.9. The van der Waals surface area contributed by atoms with Crippen molar-refractivity contribution in [1.29, 1.82) is 0 Å². The Hall–Kier alpha value is -2.48. The second-order valence-corrected chi connectivity index (χ2v) is 5.17. The highest BCUT2D eigenvalue weighted by molar-refractivity contribution is 5.89. The molecule has 2 rings (SSSR count). The van der Waals surface area contributed by atoms with Crippen LogP contribution in [-0.4, -0.2) is 35.3 Å². The largest absolute Gasteiger partial charge is 0.383 e. The number of ether oxygens (including phenoxy) is 1. The highest BCUT2D eigenvalue weighted by atomic mass is 19.3. The third kappa shape index (κ3) is 4.51. The van der Waals surface area contributed by atoms with Gasteiger partial charge in [-0.3, -0.25) is 4.57 Å². The van der Waals surface area contributed by atoms with Crippen LogP contribution >= 0.6 is 0 Å². The van der Waals surface area contributed by atoms with Gasteiger partial charge in [0.1, 0.15) is 5.82 Å². The highest BCUT2D eigenvalue weighted by Crippen LogP contribution is 2.24. The zero-order chi connectivity index (χ0) is 17.5. The molecule has 0 aliphatic carbocycles. The summed E-state index contributed by atoms with van der Waals surface area (Å²) in [6, 6.07) is 6.11. The number of halogens is 2. The van der Waals surface area contributed by atoms with Gasteiger partial charge in [-0.1, -0.05) is 6.92 Å². The molecule has 1 aromatic carbocycles. The molecule has 0 saturated carbocycles. The van der Waals surface area contributed by atoms with Crippen molar-refractivity contribution < 1.29 is 18.3 Å². The number of anilines is 1. The molecule has 0 spiro atoms. The SMILES string of the molecule is CC[C@H](COC)NC(=O)Nc1ccc(-c2nccn2C(F)F)cc1. The molecule has 2 N–H and O–H groups in total. The lowest BCUT2D eigenvalue weighted by atomic mass is 10.2. The van der Waals surface area contributed by atoms with Crippen molar-refractivity contribution in [1.82, 2.24) is 14.9 Å². The maximum Gasteiger partial charge on any atom is 0.320 e. The molecule has 24 heavy (non-hydrogen) atoms. The molecule has 0 aliphatic heterocycles. The first-order valence-corrected chi connectivity index (χ1v) is 7.53. The van der Waals surface area contributed by atoms with E-state index in [4.69, 9.17) is 4.74 Å². The molecule has 8 heteroatoms. The summed E-state index contributed by atoms with van der Waals surface area (Å²) < 4.78 is 31.5. The molecular weight excluding hydrogens is 318 g/mol. The van der Waals surface area contributed by atoms with Crippen LogP contribution in [0.5, 0.6) is 0 Å². The van der Waals surface area contributed by atoms with E-state index in [1.807, 2.05) is 6.92 Å². The quantitative estimate of drug-likeness (QED) is 0.812. The van der Waals surface area contributed by atoms with Gasteiger partial charge in [-0.25, -0.2) is 9.78 Å². The van der Waals surface area contributed by atoms with Crippen LogP contribution in [0.3, 0.4) is 0 Å². The van der Waals surface area contributed by atoms with Crippen molar-refractivity contribution in [2.45, 2.75) is 25.9 Å². The predicted octanol–water partition coefficient (Wildman–Crippen LogP) is 3.49. The zero-order valence-corrected chi connectivity index (χ0v) is 13.5. The fourth-order valence-electron chi connectivity index (χ4n) is 2.21. The van der Waals surface area contributed by atoms with Crippen molar-refractivity contribution in [3.63, 3.8) is 0 Å². The summed E-state index contributed by atoms with van der Waals surface area (Å²) in [4.78, 5) is 15.9. The summed E-state index contributed by atoms with van der Waals surface area (Å²) >= 11 is 0. The Morgan fingerprint density at radius 2 is 2.04 bits per heavy atom. The number of hydrogen-bond donors (Lipinski definition) is 2. The summed E-state index contributed by atoms with van der Waals surface area (Å²) in [6.45, 7) is -0.277. The van der Waals surface area contributed by atoms with Crippen LogP contribution in [0.15, 0.2) is 36.7 Å². The number of methoxy groups -OCH3 is 1. The normalized spacial score (nSPS) is 12.2. The summed E-state index contributed by atoms with van der Waals surface area (Å²) in [6.07, 6.45) is 3.29. The van der Waals surface area contributed by atoms with Gasteiger partial charge in [-0.15, -0.1) is 0 Å². The first-order chi connectivity index (χ1) is 11.5. The van der Waals surface area contributed by atoms with Crippen LogP contribution < -0.4 is 10.6 Å². The number of nitrogens with one attached hydrogen (secondary N) is 2. The van der Waals surface area contributed by atoms with Crippen LogP contribution in [0.1, 0.15) is 19.9 Å². The van der Waals surface area contributed by atoms with Crippen molar-refractivity contribution in [3.05, 3.63) is 36.7 Å². The summed E-state index contributed by atoms with van der Waals surface area (Å²) in [5.41, 5.74) is 1.09. The van der Waals surface area contributed by atoms with E-state index in [0.717, 1.165) is 11.0 Å². The van der Waals surface area contributed by atoms with E-state index in [1.165, 1.54) is 12.4 Å². The standard InChI is InChI=1S/C16H20F2N4O2/c1-3-12(10-24-2)20-16(23)21-13-6-4-11(5-7-13)14-19-8-9-22(14)15(17)18/h4-9,12,15H,3,10H2,1-2H3,(H2,20,21,23)/t12-/m1/s1. The van der Waals surface area contributed by atoms with Crippen molar-refractivity contribution in [3.8, 4) is 11.4 Å². The Bertz CT molecular complexity index is 658. The molecule has 2 aromatic rings. The number of urea groups is 1.